The quantitative estimate of drug-likeness (QED) is 0.213. The van der Waals surface area contributed by atoms with Crippen molar-refractivity contribution in [1.82, 2.24) is 0 Å². The maximum Gasteiger partial charge on any atom is 0.151 e. The smallest absolute Gasteiger partial charge is 0.151 e. The van der Waals surface area contributed by atoms with Crippen LogP contribution in [-0.4, -0.2) is 5.16 Å². The van der Waals surface area contributed by atoms with Crippen molar-refractivity contribution >= 4 is 28.6 Å². The van der Waals surface area contributed by atoms with Crippen LogP contribution >= 0.6 is 12.2 Å². The van der Waals surface area contributed by atoms with Crippen LogP contribution in [0.3, 0.4) is 0 Å². The molecule has 0 aromatic heterocycles. The number of rotatable bonds is 4. The summed E-state index contributed by atoms with van der Waals surface area (Å²) in [4.78, 5) is 3.44. The number of thiocarbonyl (C=S) groups is 1. The first-order chi connectivity index (χ1) is 14.4. The summed E-state index contributed by atoms with van der Waals surface area (Å²) in [6, 6.07) is 10.4. The van der Waals surface area contributed by atoms with Gasteiger partial charge < -0.3 is 0 Å². The van der Waals surface area contributed by atoms with Crippen LogP contribution in [0.5, 0.6) is 0 Å². The summed E-state index contributed by atoms with van der Waals surface area (Å²) in [7, 11) is 0. The number of nitrogens with zero attached hydrogens (tertiary/aromatic N) is 1. The van der Waals surface area contributed by atoms with Crippen molar-refractivity contribution in [3.63, 3.8) is 0 Å². The van der Waals surface area contributed by atoms with Crippen LogP contribution in [0.2, 0.25) is 0 Å². The third-order valence-corrected chi connectivity index (χ3v) is 4.97. The molecule has 2 aromatic rings. The number of allylic oxidation sites excluding steroid dienone is 4. The zero-order valence-corrected chi connectivity index (χ0v) is 16.9. The monoisotopic (exact) mass is 427 g/mol. The molecule has 0 saturated carbocycles. The van der Waals surface area contributed by atoms with E-state index >= 15 is 4.39 Å². The largest absolute Gasteiger partial charge is 0.211 e. The zero-order valence-electron chi connectivity index (χ0n) is 16.1. The lowest BCUT2D eigenvalue weighted by atomic mass is 9.74. The third kappa shape index (κ3) is 4.43. The second kappa shape index (κ2) is 9.21. The Balaban J connectivity index is 2.03. The van der Waals surface area contributed by atoms with Crippen LogP contribution in [0.1, 0.15) is 37.3 Å². The molecule has 1 atom stereocenters. The van der Waals surface area contributed by atoms with Gasteiger partial charge in [0.05, 0.1) is 16.1 Å². The minimum atomic E-state index is -1.44. The van der Waals surface area contributed by atoms with E-state index in [-0.39, 0.29) is 29.7 Å². The highest BCUT2D eigenvalue weighted by Crippen LogP contribution is 2.46. The summed E-state index contributed by atoms with van der Waals surface area (Å²) in [5.41, 5.74) is -1.28. The summed E-state index contributed by atoms with van der Waals surface area (Å²) < 4.78 is 58.5. The highest BCUT2D eigenvalue weighted by Gasteiger charge is 2.38. The van der Waals surface area contributed by atoms with Crippen LogP contribution in [0, 0.1) is 28.9 Å². The van der Waals surface area contributed by atoms with E-state index in [0.717, 1.165) is 18.2 Å². The second-order valence-corrected chi connectivity index (χ2v) is 7.10. The lowest BCUT2D eigenvalue weighted by Gasteiger charge is -2.30. The van der Waals surface area contributed by atoms with Crippen LogP contribution < -0.4 is 0 Å². The fourth-order valence-electron chi connectivity index (χ4n) is 3.40. The van der Waals surface area contributed by atoms with Gasteiger partial charge in [-0.15, -0.1) is 0 Å². The molecule has 0 fully saturated rings. The molecule has 0 saturated heterocycles. The molecule has 1 aliphatic carbocycles. The van der Waals surface area contributed by atoms with Crippen LogP contribution in [0.25, 0.3) is 5.57 Å². The molecular weight excluding hydrogens is 410 g/mol. The predicted octanol–water partition coefficient (Wildman–Crippen LogP) is 7.48. The van der Waals surface area contributed by atoms with E-state index in [2.05, 4.69) is 29.1 Å². The van der Waals surface area contributed by atoms with Crippen molar-refractivity contribution in [3.8, 4) is 11.8 Å². The van der Waals surface area contributed by atoms with Crippen molar-refractivity contribution < 1.29 is 17.6 Å². The van der Waals surface area contributed by atoms with Crippen molar-refractivity contribution in [2.24, 2.45) is 10.4 Å². The molecule has 0 N–H and O–H groups in total. The highest BCUT2D eigenvalue weighted by molar-refractivity contribution is 7.78. The van der Waals surface area contributed by atoms with E-state index in [0.29, 0.717) is 12.0 Å². The molecule has 0 aliphatic heterocycles. The number of hydrogen-bond donors (Lipinski definition) is 0. The summed E-state index contributed by atoms with van der Waals surface area (Å²) in [5, 5.41) is 1.97. The normalized spacial score (nSPS) is 18.2. The topological polar surface area (TPSA) is 12.4 Å². The van der Waals surface area contributed by atoms with Crippen molar-refractivity contribution in [2.45, 2.75) is 26.2 Å². The molecule has 6 heteroatoms. The van der Waals surface area contributed by atoms with Gasteiger partial charge in [-0.25, -0.2) is 17.6 Å². The summed E-state index contributed by atoms with van der Waals surface area (Å²) >= 11 is 4.40. The van der Waals surface area contributed by atoms with E-state index in [1.807, 2.05) is 12.1 Å². The number of hydrogen-bond acceptors (Lipinski definition) is 2. The molecule has 1 nitrogen and oxygen atoms in total. The van der Waals surface area contributed by atoms with Gasteiger partial charge in [0.1, 0.15) is 23.2 Å². The Labute approximate surface area is 177 Å². The van der Waals surface area contributed by atoms with Gasteiger partial charge in [-0.3, -0.25) is 0 Å². The van der Waals surface area contributed by atoms with E-state index in [4.69, 9.17) is 0 Å². The number of halogens is 4. The summed E-state index contributed by atoms with van der Waals surface area (Å²) in [6.45, 7) is 1.82. The second-order valence-electron chi connectivity index (χ2n) is 6.92. The minimum absolute atomic E-state index is 0.168. The van der Waals surface area contributed by atoms with Crippen LogP contribution in [0.15, 0.2) is 65.2 Å². The predicted molar refractivity (Wildman–Crippen MR) is 114 cm³/mol. The van der Waals surface area contributed by atoms with Crippen molar-refractivity contribution in [2.75, 3.05) is 0 Å². The molecule has 1 unspecified atom stereocenters. The molecule has 3 rings (SSSR count). The zero-order chi connectivity index (χ0) is 21.7. The van der Waals surface area contributed by atoms with Crippen LogP contribution in [-0.2, 0) is 0 Å². The Kier molecular flexibility index (Phi) is 6.66. The van der Waals surface area contributed by atoms with Gasteiger partial charge in [-0.1, -0.05) is 55.5 Å². The first-order valence-electron chi connectivity index (χ1n) is 9.32. The van der Waals surface area contributed by atoms with Gasteiger partial charge >= 0.3 is 0 Å². The fraction of sp³-hybridized carbons (Fsp3) is 0.208. The van der Waals surface area contributed by atoms with Gasteiger partial charge in [-0.2, -0.15) is 4.99 Å². The Morgan fingerprint density at radius 2 is 1.80 bits per heavy atom. The number of aliphatic imine (C=N–C) groups is 1. The first kappa shape index (κ1) is 21.7. The first-order valence-corrected chi connectivity index (χ1v) is 9.73. The van der Waals surface area contributed by atoms with Gasteiger partial charge in [0.25, 0.3) is 0 Å². The summed E-state index contributed by atoms with van der Waals surface area (Å²) in [6.07, 6.45) is 1.63. The molecule has 2 aromatic carbocycles. The van der Waals surface area contributed by atoms with Gasteiger partial charge in [0, 0.05) is 18.1 Å². The Morgan fingerprint density at radius 1 is 1.07 bits per heavy atom. The molecule has 0 amide bonds. The van der Waals surface area contributed by atoms with E-state index < -0.39 is 28.7 Å². The Morgan fingerprint density at radius 3 is 2.47 bits per heavy atom. The lowest BCUT2D eigenvalue weighted by molar-refractivity contribution is 0.319. The molecule has 152 valence electrons. The summed E-state index contributed by atoms with van der Waals surface area (Å²) in [5.74, 6) is 2.42. The van der Waals surface area contributed by atoms with Gasteiger partial charge in [0.15, 0.2) is 5.82 Å². The molecule has 0 spiro atoms. The van der Waals surface area contributed by atoms with Crippen molar-refractivity contribution in [3.05, 3.63) is 83.0 Å². The van der Waals surface area contributed by atoms with Crippen LogP contribution in [0.4, 0.5) is 23.2 Å². The SMILES string of the molecule is CCCC1(C#Cc2cc(F)c(N=C=S)cc2F)CC(F)=C(c2ccccc2)C=C1F. The molecule has 1 aliphatic rings. The third-order valence-electron chi connectivity index (χ3n) is 4.88. The molecule has 0 bridgehead atoms. The number of isothiocyanates is 1. The Bertz CT molecular complexity index is 1140. The van der Waals surface area contributed by atoms with E-state index in [1.165, 1.54) is 0 Å². The van der Waals surface area contributed by atoms with Gasteiger partial charge in [-0.05, 0) is 36.3 Å². The molecule has 0 radical (unpaired) electrons. The van der Waals surface area contributed by atoms with E-state index in [1.54, 1.807) is 30.3 Å². The maximum absolute atomic E-state index is 15.2. The minimum Gasteiger partial charge on any atom is -0.211 e. The fourth-order valence-corrected chi connectivity index (χ4v) is 3.50. The average molecular weight is 427 g/mol. The molecule has 0 heterocycles. The molecule has 30 heavy (non-hydrogen) atoms. The van der Waals surface area contributed by atoms with Gasteiger partial charge in [0.2, 0.25) is 0 Å². The van der Waals surface area contributed by atoms with E-state index in [9.17, 15) is 13.2 Å². The average Bonchev–Trinajstić information content (AvgIpc) is 2.73. The molecular formula is C24H17F4NS. The Hall–Kier alpha value is -3.00. The highest BCUT2D eigenvalue weighted by atomic mass is 32.1. The maximum atomic E-state index is 15.2. The number of benzene rings is 2. The van der Waals surface area contributed by atoms with Crippen molar-refractivity contribution in [1.29, 1.82) is 0 Å². The standard InChI is InChI=1S/C24H17F4NS/c1-2-9-24(10-8-17-11-20(26)22(29-15-30)13-19(17)25)14-21(27)18(12-23(24)28)16-6-4-3-5-7-16/h3-7,11-13H,2,9,14H2,1H3. The lowest BCUT2D eigenvalue weighted by Crippen LogP contribution is -2.23.